The minimum absolute atomic E-state index is 0.418. The maximum absolute atomic E-state index is 11.2. The van der Waals surface area contributed by atoms with Gasteiger partial charge in [0.15, 0.2) is 0 Å². The first-order valence-corrected chi connectivity index (χ1v) is 4.42. The van der Waals surface area contributed by atoms with Crippen molar-refractivity contribution in [2.75, 3.05) is 0 Å². The fraction of sp³-hybridized carbons (Fsp3) is 0.556. The van der Waals surface area contributed by atoms with Crippen LogP contribution in [0.5, 0.6) is 0 Å². The van der Waals surface area contributed by atoms with Crippen LogP contribution < -0.4 is 5.32 Å². The third-order valence-corrected chi connectivity index (χ3v) is 1.39. The average Bonchev–Trinajstić information content (AvgIpc) is 2.49. The molecule has 1 aromatic rings. The molecule has 0 saturated carbocycles. The van der Waals surface area contributed by atoms with Gasteiger partial charge in [0.1, 0.15) is 5.60 Å². The van der Waals surface area contributed by atoms with Gasteiger partial charge in [-0.05, 0) is 20.8 Å². The second-order valence-electron chi connectivity index (χ2n) is 3.96. The first-order chi connectivity index (χ1) is 6.47. The number of carbonyl (C=O) groups excluding carboxylic acids is 1. The van der Waals surface area contributed by atoms with Crippen molar-refractivity contribution in [1.29, 1.82) is 0 Å². The van der Waals surface area contributed by atoms with Crippen LogP contribution in [0.15, 0.2) is 12.4 Å². The molecule has 0 bridgehead atoms. The van der Waals surface area contributed by atoms with Crippen LogP contribution in [0, 0.1) is 0 Å². The molecule has 5 heteroatoms. The number of hydrogen-bond donors (Lipinski definition) is 2. The summed E-state index contributed by atoms with van der Waals surface area (Å²) in [6.45, 7) is 5.89. The number of alkyl carbamates (subject to hydrolysis) is 1. The van der Waals surface area contributed by atoms with Crippen molar-refractivity contribution in [1.82, 2.24) is 15.5 Å². The first kappa shape index (κ1) is 10.6. The van der Waals surface area contributed by atoms with E-state index in [9.17, 15) is 4.79 Å². The van der Waals surface area contributed by atoms with Gasteiger partial charge in [-0.3, -0.25) is 5.10 Å². The molecule has 1 rings (SSSR count). The molecule has 78 valence electrons. The Kier molecular flexibility index (Phi) is 3.11. The quantitative estimate of drug-likeness (QED) is 0.753. The SMILES string of the molecule is CC(C)(C)OC(=O)NCc1cn[nH]c1. The van der Waals surface area contributed by atoms with E-state index in [1.807, 2.05) is 20.8 Å². The molecule has 1 amide bonds. The second-order valence-corrected chi connectivity index (χ2v) is 3.96. The van der Waals surface area contributed by atoms with Crippen molar-refractivity contribution in [2.24, 2.45) is 0 Å². The number of nitrogens with zero attached hydrogens (tertiary/aromatic N) is 1. The molecule has 0 radical (unpaired) electrons. The van der Waals surface area contributed by atoms with Crippen LogP contribution in [-0.4, -0.2) is 21.9 Å². The Morgan fingerprint density at radius 3 is 2.86 bits per heavy atom. The highest BCUT2D eigenvalue weighted by molar-refractivity contribution is 5.67. The van der Waals surface area contributed by atoms with Crippen molar-refractivity contribution < 1.29 is 9.53 Å². The van der Waals surface area contributed by atoms with Crippen molar-refractivity contribution >= 4 is 6.09 Å². The topological polar surface area (TPSA) is 67.0 Å². The third-order valence-electron chi connectivity index (χ3n) is 1.39. The van der Waals surface area contributed by atoms with Crippen LogP contribution in [0.1, 0.15) is 26.3 Å². The summed E-state index contributed by atoms with van der Waals surface area (Å²) in [6.07, 6.45) is 2.95. The van der Waals surface area contributed by atoms with Crippen molar-refractivity contribution in [3.63, 3.8) is 0 Å². The van der Waals surface area contributed by atoms with E-state index >= 15 is 0 Å². The van der Waals surface area contributed by atoms with E-state index in [0.29, 0.717) is 6.54 Å². The summed E-state index contributed by atoms with van der Waals surface area (Å²) in [5, 5.41) is 9.04. The number of hydrogen-bond acceptors (Lipinski definition) is 3. The zero-order chi connectivity index (χ0) is 10.6. The van der Waals surface area contributed by atoms with Crippen LogP contribution in [-0.2, 0) is 11.3 Å². The molecule has 14 heavy (non-hydrogen) atoms. The molecule has 0 spiro atoms. The van der Waals surface area contributed by atoms with E-state index in [-0.39, 0.29) is 0 Å². The number of ether oxygens (including phenoxy) is 1. The Hall–Kier alpha value is -1.52. The van der Waals surface area contributed by atoms with Gasteiger partial charge in [-0.1, -0.05) is 0 Å². The lowest BCUT2D eigenvalue weighted by molar-refractivity contribution is 0.0523. The van der Waals surface area contributed by atoms with E-state index in [1.54, 1.807) is 12.4 Å². The zero-order valence-electron chi connectivity index (χ0n) is 8.63. The van der Waals surface area contributed by atoms with Gasteiger partial charge in [-0.15, -0.1) is 0 Å². The largest absolute Gasteiger partial charge is 0.444 e. The minimum Gasteiger partial charge on any atom is -0.444 e. The third kappa shape index (κ3) is 3.93. The lowest BCUT2D eigenvalue weighted by Gasteiger charge is -2.19. The van der Waals surface area contributed by atoms with E-state index in [4.69, 9.17) is 4.74 Å². The van der Waals surface area contributed by atoms with E-state index < -0.39 is 11.7 Å². The van der Waals surface area contributed by atoms with Crippen molar-refractivity contribution in [2.45, 2.75) is 32.9 Å². The fourth-order valence-electron chi connectivity index (χ4n) is 0.863. The Labute approximate surface area is 82.8 Å². The molecule has 1 heterocycles. The molecule has 0 atom stereocenters. The van der Waals surface area contributed by atoms with E-state index in [2.05, 4.69) is 15.5 Å². The van der Waals surface area contributed by atoms with Crippen molar-refractivity contribution in [3.05, 3.63) is 18.0 Å². The highest BCUT2D eigenvalue weighted by atomic mass is 16.6. The number of H-pyrrole nitrogens is 1. The molecule has 0 aliphatic heterocycles. The van der Waals surface area contributed by atoms with Gasteiger partial charge in [-0.2, -0.15) is 5.10 Å². The van der Waals surface area contributed by atoms with Crippen LogP contribution in [0.2, 0.25) is 0 Å². The summed E-state index contributed by atoms with van der Waals surface area (Å²) < 4.78 is 5.06. The standard InChI is InChI=1S/C9H15N3O2/c1-9(2,3)14-8(13)10-4-7-5-11-12-6-7/h5-6H,4H2,1-3H3,(H,10,13)(H,11,12). The Morgan fingerprint density at radius 2 is 2.36 bits per heavy atom. The highest BCUT2D eigenvalue weighted by Gasteiger charge is 2.15. The zero-order valence-corrected chi connectivity index (χ0v) is 8.63. The number of aromatic nitrogens is 2. The van der Waals surface area contributed by atoms with Crippen LogP contribution in [0.25, 0.3) is 0 Å². The van der Waals surface area contributed by atoms with E-state index in [0.717, 1.165) is 5.56 Å². The van der Waals surface area contributed by atoms with Crippen LogP contribution in [0.3, 0.4) is 0 Å². The van der Waals surface area contributed by atoms with Gasteiger partial charge < -0.3 is 10.1 Å². The maximum atomic E-state index is 11.2. The molecule has 0 saturated heterocycles. The molecule has 0 aromatic carbocycles. The summed E-state index contributed by atoms with van der Waals surface area (Å²) in [5.41, 5.74) is 0.455. The van der Waals surface area contributed by atoms with Crippen LogP contribution in [0.4, 0.5) is 4.79 Å². The number of rotatable bonds is 2. The predicted molar refractivity (Wildman–Crippen MR) is 51.7 cm³/mol. The first-order valence-electron chi connectivity index (χ1n) is 4.42. The molecule has 0 aliphatic rings. The molecule has 2 N–H and O–H groups in total. The summed E-state index contributed by atoms with van der Waals surface area (Å²) in [5.74, 6) is 0. The lowest BCUT2D eigenvalue weighted by atomic mass is 10.2. The van der Waals surface area contributed by atoms with Gasteiger partial charge >= 0.3 is 6.09 Å². The summed E-state index contributed by atoms with van der Waals surface area (Å²) in [4.78, 5) is 11.2. The smallest absolute Gasteiger partial charge is 0.407 e. The Bertz CT molecular complexity index is 288. The van der Waals surface area contributed by atoms with Gasteiger partial charge in [0.2, 0.25) is 0 Å². The molecule has 0 fully saturated rings. The van der Waals surface area contributed by atoms with E-state index in [1.165, 1.54) is 0 Å². The predicted octanol–water partition coefficient (Wildman–Crippen LogP) is 1.43. The lowest BCUT2D eigenvalue weighted by Crippen LogP contribution is -2.32. The fourth-order valence-corrected chi connectivity index (χ4v) is 0.863. The molecule has 0 unspecified atom stereocenters. The highest BCUT2D eigenvalue weighted by Crippen LogP contribution is 2.06. The maximum Gasteiger partial charge on any atom is 0.407 e. The van der Waals surface area contributed by atoms with Gasteiger partial charge in [-0.25, -0.2) is 4.79 Å². The van der Waals surface area contributed by atoms with Gasteiger partial charge in [0, 0.05) is 18.3 Å². The molecule has 0 aliphatic carbocycles. The number of nitrogens with one attached hydrogen (secondary N) is 2. The molecular weight excluding hydrogens is 182 g/mol. The van der Waals surface area contributed by atoms with Crippen LogP contribution >= 0.6 is 0 Å². The van der Waals surface area contributed by atoms with Gasteiger partial charge in [0.05, 0.1) is 6.20 Å². The molecule has 5 nitrogen and oxygen atoms in total. The minimum atomic E-state index is -0.458. The summed E-state index contributed by atoms with van der Waals surface area (Å²) in [6, 6.07) is 0. The van der Waals surface area contributed by atoms with Gasteiger partial charge in [0.25, 0.3) is 0 Å². The normalized spacial score (nSPS) is 11.1. The summed E-state index contributed by atoms with van der Waals surface area (Å²) >= 11 is 0. The van der Waals surface area contributed by atoms with Crippen molar-refractivity contribution in [3.8, 4) is 0 Å². The molecule has 1 aromatic heterocycles. The molecular formula is C9H15N3O2. The number of amides is 1. The monoisotopic (exact) mass is 197 g/mol. The number of carbonyl (C=O) groups is 1. The Morgan fingerprint density at radius 1 is 1.64 bits per heavy atom. The summed E-state index contributed by atoms with van der Waals surface area (Å²) in [7, 11) is 0. The number of aromatic amines is 1. The second kappa shape index (κ2) is 4.13. The Balaban J connectivity index is 2.29. The average molecular weight is 197 g/mol.